The quantitative estimate of drug-likeness (QED) is 0.206. The number of anilines is 5. The van der Waals surface area contributed by atoms with Crippen LogP contribution in [0.1, 0.15) is 18.5 Å². The summed E-state index contributed by atoms with van der Waals surface area (Å²) >= 11 is 3.58. The lowest BCUT2D eigenvalue weighted by molar-refractivity contribution is 0.417. The number of nitrogens with zero attached hydrogens (tertiary/aromatic N) is 7. The third-order valence-corrected chi connectivity index (χ3v) is 10.1. The molecule has 0 amide bonds. The average molecular weight is 661 g/mol. The Hall–Kier alpha value is -4.02. The maximum Gasteiger partial charge on any atom is 0.229 e. The van der Waals surface area contributed by atoms with E-state index in [1.165, 1.54) is 18.5 Å². The van der Waals surface area contributed by atoms with E-state index < -0.39 is 7.14 Å². The first-order valence-corrected chi connectivity index (χ1v) is 17.5. The Morgan fingerprint density at radius 1 is 1.02 bits per heavy atom. The minimum Gasteiger partial charge on any atom is -0.494 e. The van der Waals surface area contributed by atoms with E-state index in [0.29, 0.717) is 50.1 Å². The van der Waals surface area contributed by atoms with Crippen LogP contribution in [0.25, 0.3) is 22.2 Å². The van der Waals surface area contributed by atoms with Crippen LogP contribution in [0.5, 0.6) is 5.75 Å². The molecule has 5 aromatic rings. The SMILES string of the molecule is COc1cc2c(cc1Nc1ncc(Br)c(Nc3ccc4nccnc4c3P(C)(C)=O)n1)-c1cnn(C)c1CCN2C1CC1. The number of aromatic nitrogens is 6. The smallest absolute Gasteiger partial charge is 0.229 e. The van der Waals surface area contributed by atoms with Gasteiger partial charge in [-0.15, -0.1) is 0 Å². The highest BCUT2D eigenvalue weighted by molar-refractivity contribution is 9.10. The van der Waals surface area contributed by atoms with Crippen LogP contribution in [0.15, 0.2) is 53.5 Å². The molecule has 2 aliphatic rings. The molecule has 1 aliphatic carbocycles. The van der Waals surface area contributed by atoms with Crippen molar-refractivity contribution in [1.29, 1.82) is 0 Å². The van der Waals surface area contributed by atoms with Crippen molar-refractivity contribution >= 4 is 68.2 Å². The number of hydrogen-bond donors (Lipinski definition) is 2. The van der Waals surface area contributed by atoms with E-state index in [4.69, 9.17) is 9.72 Å². The van der Waals surface area contributed by atoms with Gasteiger partial charge in [0.15, 0.2) is 0 Å². The lowest BCUT2D eigenvalue weighted by Gasteiger charge is -2.26. The van der Waals surface area contributed by atoms with Crippen molar-refractivity contribution in [2.45, 2.75) is 25.3 Å². The Morgan fingerprint density at radius 2 is 1.84 bits per heavy atom. The zero-order valence-corrected chi connectivity index (χ0v) is 26.8. The van der Waals surface area contributed by atoms with E-state index in [1.54, 1.807) is 39.0 Å². The van der Waals surface area contributed by atoms with Gasteiger partial charge in [0.1, 0.15) is 24.2 Å². The molecule has 1 fully saturated rings. The van der Waals surface area contributed by atoms with Crippen LogP contribution < -0.4 is 25.6 Å². The second kappa shape index (κ2) is 10.6. The summed E-state index contributed by atoms with van der Waals surface area (Å²) in [5.41, 5.74) is 7.29. The highest BCUT2D eigenvalue weighted by Crippen LogP contribution is 2.46. The molecule has 0 saturated heterocycles. The molecular formula is C30H31BrN9O2P. The van der Waals surface area contributed by atoms with Gasteiger partial charge in [-0.05, 0) is 60.3 Å². The molecule has 7 rings (SSSR count). The molecule has 0 spiro atoms. The van der Waals surface area contributed by atoms with Gasteiger partial charge in [-0.25, -0.2) is 4.98 Å². The van der Waals surface area contributed by atoms with E-state index >= 15 is 0 Å². The molecule has 43 heavy (non-hydrogen) atoms. The van der Waals surface area contributed by atoms with Gasteiger partial charge in [0.05, 0.1) is 40.0 Å². The Labute approximate surface area is 257 Å². The molecule has 0 unspecified atom stereocenters. The van der Waals surface area contributed by atoms with Gasteiger partial charge in [-0.3, -0.25) is 14.6 Å². The summed E-state index contributed by atoms with van der Waals surface area (Å²) in [4.78, 5) is 20.7. The summed E-state index contributed by atoms with van der Waals surface area (Å²) in [5, 5.41) is 11.9. The lowest BCUT2D eigenvalue weighted by atomic mass is 10.0. The summed E-state index contributed by atoms with van der Waals surface area (Å²) in [5.74, 6) is 1.59. The predicted octanol–water partition coefficient (Wildman–Crippen LogP) is 5.85. The Kier molecular flexibility index (Phi) is 6.85. The molecule has 1 aliphatic heterocycles. The highest BCUT2D eigenvalue weighted by atomic mass is 79.9. The fourth-order valence-electron chi connectivity index (χ4n) is 5.82. The largest absolute Gasteiger partial charge is 0.494 e. The molecule has 2 N–H and O–H groups in total. The van der Waals surface area contributed by atoms with Crippen LogP contribution in [0.4, 0.5) is 28.8 Å². The van der Waals surface area contributed by atoms with E-state index in [1.807, 2.05) is 30.1 Å². The zero-order valence-electron chi connectivity index (χ0n) is 24.3. The summed E-state index contributed by atoms with van der Waals surface area (Å²) in [6.45, 7) is 4.40. The van der Waals surface area contributed by atoms with Crippen molar-refractivity contribution in [3.05, 3.63) is 59.2 Å². The Bertz CT molecular complexity index is 1940. The number of hydrogen-bond acceptors (Lipinski definition) is 10. The number of ether oxygens (including phenoxy) is 1. The third kappa shape index (κ3) is 5.12. The molecular weight excluding hydrogens is 629 g/mol. The van der Waals surface area contributed by atoms with Crippen molar-refractivity contribution in [1.82, 2.24) is 29.7 Å². The molecule has 0 atom stereocenters. The number of halogens is 1. The van der Waals surface area contributed by atoms with Crippen molar-refractivity contribution in [3.63, 3.8) is 0 Å². The number of benzene rings is 2. The van der Waals surface area contributed by atoms with Gasteiger partial charge in [-0.2, -0.15) is 10.1 Å². The summed E-state index contributed by atoms with van der Waals surface area (Å²) < 4.78 is 21.9. The molecule has 4 heterocycles. The normalized spacial score (nSPS) is 14.7. The summed E-state index contributed by atoms with van der Waals surface area (Å²) in [7, 11) is 0.931. The van der Waals surface area contributed by atoms with Crippen molar-refractivity contribution < 1.29 is 9.30 Å². The standard InChI is InChI=1S/C30H31BrN9O2P/c1-39-24-9-12-40(17-5-6-17)25-14-26(42-2)23(13-18(25)19(24)15-35-39)37-30-34-16-20(31)29(38-30)36-22-8-7-21-27(33-11-10-32-21)28(22)43(3,4)41/h7-8,10-11,13-17H,5-6,9,12H2,1-4H3,(H2,34,36,37,38). The maximum atomic E-state index is 13.4. The van der Waals surface area contributed by atoms with Gasteiger partial charge in [0, 0.05) is 73.2 Å². The lowest BCUT2D eigenvalue weighted by Crippen LogP contribution is -2.28. The van der Waals surface area contributed by atoms with E-state index in [2.05, 4.69) is 63.6 Å². The zero-order chi connectivity index (χ0) is 29.9. The first-order valence-electron chi connectivity index (χ1n) is 14.1. The first-order chi connectivity index (χ1) is 20.7. The predicted molar refractivity (Wildman–Crippen MR) is 174 cm³/mol. The number of fused-ring (bicyclic) bond motifs is 4. The highest BCUT2D eigenvalue weighted by Gasteiger charge is 2.34. The molecule has 11 nitrogen and oxygen atoms in total. The number of methoxy groups -OCH3 is 1. The second-order valence-electron chi connectivity index (χ2n) is 11.2. The van der Waals surface area contributed by atoms with Gasteiger partial charge in [0.2, 0.25) is 5.95 Å². The van der Waals surface area contributed by atoms with E-state index in [9.17, 15) is 4.57 Å². The second-order valence-corrected chi connectivity index (χ2v) is 15.3. The third-order valence-electron chi connectivity index (χ3n) is 7.95. The molecule has 220 valence electrons. The van der Waals surface area contributed by atoms with Gasteiger partial charge in [0.25, 0.3) is 0 Å². The van der Waals surface area contributed by atoms with Crippen LogP contribution in [-0.2, 0) is 18.0 Å². The van der Waals surface area contributed by atoms with Crippen LogP contribution >= 0.6 is 23.1 Å². The van der Waals surface area contributed by atoms with Gasteiger partial charge < -0.3 is 24.8 Å². The molecule has 0 bridgehead atoms. The number of rotatable bonds is 7. The van der Waals surface area contributed by atoms with Crippen molar-refractivity contribution in [2.24, 2.45) is 7.05 Å². The number of nitrogens with one attached hydrogen (secondary N) is 2. The van der Waals surface area contributed by atoms with Gasteiger partial charge in [-0.1, -0.05) is 0 Å². The average Bonchev–Trinajstić information content (AvgIpc) is 3.78. The molecule has 2 aromatic carbocycles. The Balaban J connectivity index is 1.27. The van der Waals surface area contributed by atoms with E-state index in [-0.39, 0.29) is 0 Å². The van der Waals surface area contributed by atoms with Crippen LogP contribution in [0.2, 0.25) is 0 Å². The Morgan fingerprint density at radius 3 is 2.60 bits per heavy atom. The fraction of sp³-hybridized carbons (Fsp3) is 0.300. The molecule has 0 radical (unpaired) electrons. The minimum absolute atomic E-state index is 0.376. The molecule has 1 saturated carbocycles. The monoisotopic (exact) mass is 659 g/mol. The maximum absolute atomic E-state index is 13.4. The topological polar surface area (TPSA) is 123 Å². The van der Waals surface area contributed by atoms with Crippen LogP contribution in [-0.4, -0.2) is 62.7 Å². The van der Waals surface area contributed by atoms with Crippen molar-refractivity contribution in [2.75, 3.05) is 42.5 Å². The minimum atomic E-state index is -2.75. The van der Waals surface area contributed by atoms with Crippen molar-refractivity contribution in [3.8, 4) is 16.9 Å². The van der Waals surface area contributed by atoms with Crippen LogP contribution in [0.3, 0.4) is 0 Å². The fourth-order valence-corrected chi connectivity index (χ4v) is 7.50. The summed E-state index contributed by atoms with van der Waals surface area (Å²) in [6.07, 6.45) is 10.2. The first kappa shape index (κ1) is 27.8. The molecule has 3 aromatic heterocycles. The molecule has 13 heteroatoms. The number of aryl methyl sites for hydroxylation is 1. The van der Waals surface area contributed by atoms with Gasteiger partial charge >= 0.3 is 0 Å². The van der Waals surface area contributed by atoms with E-state index in [0.717, 1.165) is 35.5 Å². The summed E-state index contributed by atoms with van der Waals surface area (Å²) in [6, 6.07) is 8.49. The van der Waals surface area contributed by atoms with Crippen LogP contribution in [0, 0.1) is 0 Å².